The summed E-state index contributed by atoms with van der Waals surface area (Å²) in [5, 5.41) is 28.1. The molecule has 60 heavy (non-hydrogen) atoms. The lowest BCUT2D eigenvalue weighted by molar-refractivity contribution is -0.479. The van der Waals surface area contributed by atoms with Crippen LogP contribution in [-0.2, 0) is 66.6 Å². The highest BCUT2D eigenvalue weighted by Crippen LogP contribution is 2.89. The Hall–Kier alpha value is -3.61. The fourth-order valence-corrected chi connectivity index (χ4v) is 13.7. The first-order chi connectivity index (χ1) is 27.8. The Morgan fingerprint density at radius 3 is 2.18 bits per heavy atom. The van der Waals surface area contributed by atoms with E-state index in [1.807, 2.05) is 6.92 Å². The first-order valence-corrected chi connectivity index (χ1v) is 21.0. The normalized spacial score (nSPS) is 51.6. The molecule has 8 aliphatic rings. The van der Waals surface area contributed by atoms with Crippen LogP contribution in [0.2, 0.25) is 0 Å². The minimum atomic E-state index is -2.80. The molecule has 5 unspecified atom stereocenters. The third kappa shape index (κ3) is 4.28. The van der Waals surface area contributed by atoms with Crippen LogP contribution >= 0.6 is 0 Å². The van der Waals surface area contributed by atoms with Gasteiger partial charge in [-0.3, -0.25) is 19.2 Å². The maximum atomic E-state index is 14.4. The lowest BCUT2D eigenvalue weighted by Crippen LogP contribution is -2.99. The van der Waals surface area contributed by atoms with E-state index in [1.54, 1.807) is 54.5 Å². The Bertz CT molecular complexity index is 2070. The first kappa shape index (κ1) is 41.7. The van der Waals surface area contributed by atoms with E-state index in [0.29, 0.717) is 12.0 Å². The van der Waals surface area contributed by atoms with Crippen molar-refractivity contribution in [2.75, 3.05) is 7.11 Å². The Morgan fingerprint density at radius 1 is 0.933 bits per heavy atom. The summed E-state index contributed by atoms with van der Waals surface area (Å²) in [6, 6.07) is 1.62. The van der Waals surface area contributed by atoms with Crippen molar-refractivity contribution in [2.45, 2.75) is 171 Å². The van der Waals surface area contributed by atoms with Gasteiger partial charge in [-0.15, -0.1) is 0 Å². The van der Waals surface area contributed by atoms with E-state index in [0.717, 1.165) is 0 Å². The molecule has 0 radical (unpaired) electrons. The Balaban J connectivity index is 1.41. The summed E-state index contributed by atoms with van der Waals surface area (Å²) in [6.45, 7) is 16.5. The van der Waals surface area contributed by atoms with Gasteiger partial charge in [-0.05, 0) is 45.1 Å². The molecule has 2 N–H and O–H groups in total. The maximum Gasteiger partial charge on any atom is 0.341 e. The van der Waals surface area contributed by atoms with Crippen molar-refractivity contribution in [3.05, 3.63) is 24.2 Å². The summed E-state index contributed by atoms with van der Waals surface area (Å²) in [6.07, 6.45) is -5.20. The maximum absolute atomic E-state index is 14.4. The Labute approximate surface area is 347 Å². The van der Waals surface area contributed by atoms with Crippen LogP contribution in [0.1, 0.15) is 113 Å². The minimum absolute atomic E-state index is 0.151. The van der Waals surface area contributed by atoms with Gasteiger partial charge >= 0.3 is 29.8 Å². The van der Waals surface area contributed by atoms with E-state index in [2.05, 4.69) is 0 Å². The number of rotatable bonds is 10. The van der Waals surface area contributed by atoms with E-state index in [4.69, 9.17) is 47.0 Å². The van der Waals surface area contributed by atoms with Crippen molar-refractivity contribution in [3.8, 4) is 0 Å². The van der Waals surface area contributed by atoms with Gasteiger partial charge in [-0.1, -0.05) is 48.5 Å². The molecule has 1 aromatic rings. The van der Waals surface area contributed by atoms with Crippen LogP contribution < -0.4 is 0 Å². The van der Waals surface area contributed by atoms with Crippen LogP contribution in [0.15, 0.2) is 23.0 Å². The van der Waals surface area contributed by atoms with Crippen LogP contribution in [0.25, 0.3) is 0 Å². The highest BCUT2D eigenvalue weighted by atomic mass is 17.0. The molecule has 17 nitrogen and oxygen atoms in total. The molecule has 4 aliphatic carbocycles. The van der Waals surface area contributed by atoms with Gasteiger partial charge in [0.1, 0.15) is 29.5 Å². The number of furan rings is 1. The summed E-state index contributed by atoms with van der Waals surface area (Å²) in [4.78, 5) is 71.1. The molecule has 4 saturated carbocycles. The molecule has 1 aromatic heterocycles. The van der Waals surface area contributed by atoms with Gasteiger partial charge in [0.15, 0.2) is 28.5 Å². The Kier molecular flexibility index (Phi) is 8.41. The number of hydrogen-bond donors (Lipinski definition) is 2. The number of cyclic esters (lactones) is 1. The molecule has 5 heterocycles. The number of ether oxygens (including phenoxy) is 9. The average molecular weight is 845 g/mol. The topological polar surface area (TPSA) is 225 Å². The summed E-state index contributed by atoms with van der Waals surface area (Å²) in [5.41, 5.74) is -17.8. The van der Waals surface area contributed by atoms with Crippen LogP contribution in [0, 0.1) is 34.0 Å². The predicted octanol–water partition coefficient (Wildman–Crippen LogP) is 3.34. The molecular weight excluding hydrogens is 788 g/mol. The Morgan fingerprint density at radius 2 is 1.60 bits per heavy atom. The predicted molar refractivity (Wildman–Crippen MR) is 198 cm³/mol. The van der Waals surface area contributed by atoms with E-state index in [9.17, 15) is 34.2 Å². The average Bonchev–Trinajstić information content (AvgIpc) is 3.63. The second-order valence-corrected chi connectivity index (χ2v) is 20.0. The molecule has 9 rings (SSSR count). The quantitative estimate of drug-likeness (QED) is 0.196. The molecule has 4 saturated heterocycles. The van der Waals surface area contributed by atoms with E-state index in [1.165, 1.54) is 33.5 Å². The molecule has 330 valence electrons. The standard InChI is InChI=1S/C43H56O17/c1-12-21(4)30(47)53-25-16-35(7)28(23-13-14-52-18-23)54-27(45)17-40(35)43-32(55-29(46)20(2)3)41(50)31(56-33(48)36(8)22(5)57-36)34(6)19-39(41,49)37(9,24(34)15-26(44)51-11)42(25,43)59-38(10,58-40)60-43/h13-14,18,20-22,24-25,28,31-32,49-50H,12,15-17,19H2,1-11H3/t21?,22-,24-,25+,28-,31-,32+,34+,35+,36+,37+,38?,39+,40?,41-,42?,43?/m0/s1. The molecule has 4 aliphatic heterocycles. The number of hydrogen-bond acceptors (Lipinski definition) is 17. The zero-order valence-corrected chi connectivity index (χ0v) is 35.9. The third-order valence-corrected chi connectivity index (χ3v) is 16.8. The van der Waals surface area contributed by atoms with E-state index in [-0.39, 0.29) is 12.8 Å². The van der Waals surface area contributed by atoms with Crippen molar-refractivity contribution in [2.24, 2.45) is 34.0 Å². The molecule has 2 spiro atoms. The van der Waals surface area contributed by atoms with Gasteiger partial charge in [0.05, 0.1) is 44.0 Å². The number of methoxy groups -OCH3 is 1. The highest BCUT2D eigenvalue weighted by Gasteiger charge is 3.07. The summed E-state index contributed by atoms with van der Waals surface area (Å²) in [7, 11) is 1.21. The van der Waals surface area contributed by atoms with Crippen LogP contribution in [0.4, 0.5) is 0 Å². The van der Waals surface area contributed by atoms with Crippen LogP contribution in [-0.4, -0.2) is 111 Å². The lowest BCUT2D eigenvalue weighted by Gasteiger charge is -2.79. The van der Waals surface area contributed by atoms with Gasteiger partial charge in [-0.2, -0.15) is 0 Å². The molecule has 8 fully saturated rings. The highest BCUT2D eigenvalue weighted by molar-refractivity contribution is 5.83. The monoisotopic (exact) mass is 844 g/mol. The fraction of sp³-hybridized carbons (Fsp3) is 0.791. The van der Waals surface area contributed by atoms with Crippen molar-refractivity contribution < 1.29 is 81.2 Å². The first-order valence-electron chi connectivity index (χ1n) is 21.0. The fourth-order valence-electron chi connectivity index (χ4n) is 13.7. The molecular formula is C43H56O17. The number of epoxide rings is 1. The van der Waals surface area contributed by atoms with E-state index >= 15 is 0 Å². The molecule has 0 aromatic carbocycles. The zero-order valence-electron chi connectivity index (χ0n) is 35.9. The number of esters is 5. The SMILES string of the molecule is CCC(C)C(=O)O[C@@H]1C[C@]2(C)[C@H](c3ccoc3)OC(=O)CC23OC2(C)OC34[C@H](OC(=O)C(C)C)[C@@]3(O)[C@@H](OC(=O)[C@]5(C)O[C@H]5C)[C@]5(C)C[C@@]3(O)[C@@](C)([C@H]5CC(=O)OC)C14O2. The summed E-state index contributed by atoms with van der Waals surface area (Å²) < 4.78 is 63.7. The second-order valence-electron chi connectivity index (χ2n) is 20.0. The van der Waals surface area contributed by atoms with Gasteiger partial charge in [0.25, 0.3) is 5.97 Å². The van der Waals surface area contributed by atoms with Crippen molar-refractivity contribution in [1.82, 2.24) is 0 Å². The largest absolute Gasteiger partial charge is 0.472 e. The van der Waals surface area contributed by atoms with Crippen molar-refractivity contribution >= 4 is 29.8 Å². The second kappa shape index (κ2) is 12.1. The van der Waals surface area contributed by atoms with Gasteiger partial charge in [0.2, 0.25) is 0 Å². The van der Waals surface area contributed by atoms with Crippen LogP contribution in [0.5, 0.6) is 0 Å². The summed E-state index contributed by atoms with van der Waals surface area (Å²) in [5.74, 6) is -8.52. The molecule has 17 heteroatoms. The number of fused-ring (bicyclic) bond motifs is 2. The van der Waals surface area contributed by atoms with Crippen molar-refractivity contribution in [1.29, 1.82) is 0 Å². The minimum Gasteiger partial charge on any atom is -0.472 e. The number of carbonyl (C=O) groups excluding carboxylic acids is 5. The lowest BCUT2D eigenvalue weighted by atomic mass is 9.31. The molecule has 0 amide bonds. The van der Waals surface area contributed by atoms with Crippen LogP contribution in [0.3, 0.4) is 0 Å². The summed E-state index contributed by atoms with van der Waals surface area (Å²) >= 11 is 0. The zero-order chi connectivity index (χ0) is 43.8. The van der Waals surface area contributed by atoms with E-state index < -0.39 is 147 Å². The number of aliphatic hydroxyl groups is 2. The van der Waals surface area contributed by atoms with Crippen molar-refractivity contribution in [3.63, 3.8) is 0 Å². The number of carbonyl (C=O) groups is 5. The smallest absolute Gasteiger partial charge is 0.341 e. The van der Waals surface area contributed by atoms with Gasteiger partial charge in [-0.25, -0.2) is 4.79 Å². The molecule has 4 bridgehead atoms. The van der Waals surface area contributed by atoms with Gasteiger partial charge < -0.3 is 57.3 Å². The van der Waals surface area contributed by atoms with Gasteiger partial charge in [0, 0.05) is 35.2 Å². The third-order valence-electron chi connectivity index (χ3n) is 16.8. The molecule has 17 atom stereocenters.